The van der Waals surface area contributed by atoms with Crippen molar-refractivity contribution < 1.29 is 22.7 Å². The molecule has 1 fully saturated rings. The minimum atomic E-state index is -3.59. The Bertz CT molecular complexity index is 1120. The van der Waals surface area contributed by atoms with Crippen molar-refractivity contribution in [3.8, 4) is 11.5 Å². The van der Waals surface area contributed by atoms with E-state index in [0.29, 0.717) is 38.1 Å². The van der Waals surface area contributed by atoms with Crippen LogP contribution in [-0.4, -0.2) is 44.4 Å². The highest BCUT2D eigenvalue weighted by atomic mass is 32.2. The highest BCUT2D eigenvalue weighted by Gasteiger charge is 2.37. The molecule has 1 amide bonds. The number of nitrogens with zero attached hydrogens (tertiary/aromatic N) is 1. The van der Waals surface area contributed by atoms with Gasteiger partial charge in [0.2, 0.25) is 15.9 Å². The lowest BCUT2D eigenvalue weighted by atomic mass is 9.88. The maximum Gasteiger partial charge on any atom is 0.243 e. The molecule has 0 aliphatic carbocycles. The molecule has 1 atom stereocenters. The second kappa shape index (κ2) is 8.99. The lowest BCUT2D eigenvalue weighted by Gasteiger charge is -2.39. The zero-order chi connectivity index (χ0) is 23.8. The molecule has 0 spiro atoms. The first kappa shape index (κ1) is 23.6. The van der Waals surface area contributed by atoms with Gasteiger partial charge in [-0.1, -0.05) is 17.7 Å². The Morgan fingerprint density at radius 2 is 1.79 bits per heavy atom. The number of amides is 1. The summed E-state index contributed by atoms with van der Waals surface area (Å²) in [6, 6.07) is 12.3. The third-order valence-electron chi connectivity index (χ3n) is 6.46. The van der Waals surface area contributed by atoms with Gasteiger partial charge in [-0.2, -0.15) is 4.31 Å². The van der Waals surface area contributed by atoms with Crippen LogP contribution in [0.5, 0.6) is 11.5 Å². The van der Waals surface area contributed by atoms with Crippen LogP contribution in [0, 0.1) is 12.8 Å². The SMILES string of the molecule is COc1ccc(S(=O)(=O)N2CCC(C(=O)NC3CC(C)(C)Oc4ccc(C)cc43)CC2)cc1. The van der Waals surface area contributed by atoms with Crippen molar-refractivity contribution in [3.63, 3.8) is 0 Å². The Balaban J connectivity index is 1.41. The number of carbonyl (C=O) groups excluding carboxylic acids is 1. The highest BCUT2D eigenvalue weighted by Crippen LogP contribution is 2.40. The number of rotatable bonds is 5. The normalized spacial score (nSPS) is 21.0. The van der Waals surface area contributed by atoms with Gasteiger partial charge >= 0.3 is 0 Å². The molecule has 0 radical (unpaired) electrons. The first-order valence-corrected chi connectivity index (χ1v) is 12.8. The number of aryl methyl sites for hydroxylation is 1. The maximum atomic E-state index is 13.1. The van der Waals surface area contributed by atoms with E-state index in [-0.39, 0.29) is 28.4 Å². The standard InChI is InChI=1S/C25H32N2O5S/c1-17-5-10-23-21(15-17)22(16-25(2,3)32-23)26-24(28)18-11-13-27(14-12-18)33(29,30)20-8-6-19(31-4)7-9-20/h5-10,15,18,22H,11-14,16H2,1-4H3,(H,26,28). The Morgan fingerprint density at radius 3 is 2.42 bits per heavy atom. The fraction of sp³-hybridized carbons (Fsp3) is 0.480. The number of fused-ring (bicyclic) bond motifs is 1. The topological polar surface area (TPSA) is 84.9 Å². The van der Waals surface area contributed by atoms with Crippen LogP contribution in [0.15, 0.2) is 47.4 Å². The molecule has 8 heteroatoms. The molecule has 0 bridgehead atoms. The summed E-state index contributed by atoms with van der Waals surface area (Å²) in [6.07, 6.45) is 1.67. The number of carbonyl (C=O) groups is 1. The number of benzene rings is 2. The number of piperidine rings is 1. The number of ether oxygens (including phenoxy) is 2. The van der Waals surface area contributed by atoms with Gasteiger partial charge in [-0.15, -0.1) is 0 Å². The molecular weight excluding hydrogens is 440 g/mol. The molecule has 2 aliphatic heterocycles. The molecule has 4 rings (SSSR count). The molecule has 1 saturated heterocycles. The second-order valence-corrected chi connectivity index (χ2v) is 11.5. The van der Waals surface area contributed by atoms with Gasteiger partial charge in [0.15, 0.2) is 0 Å². The van der Waals surface area contributed by atoms with E-state index < -0.39 is 10.0 Å². The zero-order valence-corrected chi connectivity index (χ0v) is 20.4. The first-order valence-electron chi connectivity index (χ1n) is 11.3. The van der Waals surface area contributed by atoms with Crippen molar-refractivity contribution >= 4 is 15.9 Å². The van der Waals surface area contributed by atoms with E-state index in [1.807, 2.05) is 32.9 Å². The van der Waals surface area contributed by atoms with Crippen molar-refractivity contribution in [2.75, 3.05) is 20.2 Å². The van der Waals surface area contributed by atoms with Crippen molar-refractivity contribution in [2.24, 2.45) is 5.92 Å². The summed E-state index contributed by atoms with van der Waals surface area (Å²) in [5.41, 5.74) is 1.74. The average Bonchev–Trinajstić information content (AvgIpc) is 2.79. The van der Waals surface area contributed by atoms with E-state index in [0.717, 1.165) is 16.9 Å². The summed E-state index contributed by atoms with van der Waals surface area (Å²) < 4.78 is 38.7. The predicted octanol–water partition coefficient (Wildman–Crippen LogP) is 3.82. The number of methoxy groups -OCH3 is 1. The van der Waals surface area contributed by atoms with Crippen LogP contribution >= 0.6 is 0 Å². The molecule has 7 nitrogen and oxygen atoms in total. The van der Waals surface area contributed by atoms with Crippen LogP contribution in [0.1, 0.15) is 50.3 Å². The molecule has 0 saturated carbocycles. The van der Waals surface area contributed by atoms with Gasteiger partial charge in [0.05, 0.1) is 18.0 Å². The van der Waals surface area contributed by atoms with Crippen LogP contribution < -0.4 is 14.8 Å². The van der Waals surface area contributed by atoms with Crippen molar-refractivity contribution in [1.82, 2.24) is 9.62 Å². The van der Waals surface area contributed by atoms with E-state index in [1.54, 1.807) is 31.4 Å². The molecule has 1 unspecified atom stereocenters. The zero-order valence-electron chi connectivity index (χ0n) is 19.6. The van der Waals surface area contributed by atoms with Gasteiger partial charge in [0.25, 0.3) is 0 Å². The largest absolute Gasteiger partial charge is 0.497 e. The summed E-state index contributed by atoms with van der Waals surface area (Å²) in [5, 5.41) is 3.22. The Hall–Kier alpha value is -2.58. The summed E-state index contributed by atoms with van der Waals surface area (Å²) >= 11 is 0. The first-order chi connectivity index (χ1) is 15.6. The van der Waals surface area contributed by atoms with E-state index in [1.165, 1.54) is 4.31 Å². The van der Waals surface area contributed by atoms with Gasteiger partial charge in [0, 0.05) is 31.0 Å². The van der Waals surface area contributed by atoms with Crippen molar-refractivity contribution in [3.05, 3.63) is 53.6 Å². The second-order valence-electron chi connectivity index (χ2n) is 9.52. The number of hydrogen-bond acceptors (Lipinski definition) is 5. The Morgan fingerprint density at radius 1 is 1.12 bits per heavy atom. The van der Waals surface area contributed by atoms with Gasteiger partial charge < -0.3 is 14.8 Å². The van der Waals surface area contributed by atoms with E-state index >= 15 is 0 Å². The Labute approximate surface area is 196 Å². The highest BCUT2D eigenvalue weighted by molar-refractivity contribution is 7.89. The molecule has 178 valence electrons. The van der Waals surface area contributed by atoms with E-state index in [2.05, 4.69) is 11.4 Å². The minimum Gasteiger partial charge on any atom is -0.497 e. The van der Waals surface area contributed by atoms with Crippen LogP contribution in [0.25, 0.3) is 0 Å². The maximum absolute atomic E-state index is 13.1. The third kappa shape index (κ3) is 5.01. The molecular formula is C25H32N2O5S. The van der Waals surface area contributed by atoms with Crippen LogP contribution in [0.3, 0.4) is 0 Å². The summed E-state index contributed by atoms with van der Waals surface area (Å²) in [4.78, 5) is 13.4. The number of nitrogens with one attached hydrogen (secondary N) is 1. The molecule has 2 aromatic carbocycles. The summed E-state index contributed by atoms with van der Waals surface area (Å²) in [5.74, 6) is 1.18. The average molecular weight is 473 g/mol. The summed E-state index contributed by atoms with van der Waals surface area (Å²) in [7, 11) is -2.05. The molecule has 0 aromatic heterocycles. The van der Waals surface area contributed by atoms with Gasteiger partial charge in [-0.05, 0) is 63.9 Å². The Kier molecular flexibility index (Phi) is 6.42. The predicted molar refractivity (Wildman–Crippen MR) is 126 cm³/mol. The fourth-order valence-electron chi connectivity index (χ4n) is 4.65. The van der Waals surface area contributed by atoms with Crippen molar-refractivity contribution in [2.45, 2.75) is 56.6 Å². The quantitative estimate of drug-likeness (QED) is 0.715. The molecule has 2 aliphatic rings. The third-order valence-corrected chi connectivity index (χ3v) is 8.37. The van der Waals surface area contributed by atoms with Gasteiger partial charge in [-0.3, -0.25) is 4.79 Å². The lowest BCUT2D eigenvalue weighted by Crippen LogP contribution is -2.46. The van der Waals surface area contributed by atoms with E-state index in [4.69, 9.17) is 9.47 Å². The van der Waals surface area contributed by atoms with Gasteiger partial charge in [-0.25, -0.2) is 8.42 Å². The molecule has 1 N–H and O–H groups in total. The van der Waals surface area contributed by atoms with Crippen LogP contribution in [-0.2, 0) is 14.8 Å². The van der Waals surface area contributed by atoms with Gasteiger partial charge in [0.1, 0.15) is 17.1 Å². The minimum absolute atomic E-state index is 0.0216. The monoisotopic (exact) mass is 472 g/mol. The van der Waals surface area contributed by atoms with Crippen LogP contribution in [0.4, 0.5) is 0 Å². The van der Waals surface area contributed by atoms with Crippen molar-refractivity contribution in [1.29, 1.82) is 0 Å². The van der Waals surface area contributed by atoms with E-state index in [9.17, 15) is 13.2 Å². The smallest absolute Gasteiger partial charge is 0.243 e. The molecule has 2 heterocycles. The number of sulfonamides is 1. The summed E-state index contributed by atoms with van der Waals surface area (Å²) in [6.45, 7) is 6.72. The van der Waals surface area contributed by atoms with Crippen LogP contribution in [0.2, 0.25) is 0 Å². The fourth-order valence-corrected chi connectivity index (χ4v) is 6.12. The lowest BCUT2D eigenvalue weighted by molar-refractivity contribution is -0.127. The molecule has 33 heavy (non-hydrogen) atoms. The molecule has 2 aromatic rings. The number of hydrogen-bond donors (Lipinski definition) is 1.